The van der Waals surface area contributed by atoms with Crippen molar-refractivity contribution in [1.29, 1.82) is 0 Å². The third-order valence-electron chi connectivity index (χ3n) is 3.29. The second-order valence-corrected chi connectivity index (χ2v) is 5.60. The van der Waals surface area contributed by atoms with Gasteiger partial charge in [-0.15, -0.1) is 11.3 Å². The van der Waals surface area contributed by atoms with Crippen molar-refractivity contribution >= 4 is 23.1 Å². The van der Waals surface area contributed by atoms with Crippen molar-refractivity contribution in [2.75, 3.05) is 17.2 Å². The summed E-state index contributed by atoms with van der Waals surface area (Å²) in [4.78, 5) is 13.4. The molecule has 0 bridgehead atoms. The minimum absolute atomic E-state index is 0.0810. The zero-order chi connectivity index (χ0) is 15.0. The molecule has 1 fully saturated rings. The van der Waals surface area contributed by atoms with Crippen molar-refractivity contribution in [3.05, 3.63) is 17.8 Å². The lowest BCUT2D eigenvalue weighted by Gasteiger charge is -2.26. The lowest BCUT2D eigenvalue weighted by atomic mass is 10.2. The summed E-state index contributed by atoms with van der Waals surface area (Å²) in [5.74, 6) is 0.499. The predicted octanol–water partition coefficient (Wildman–Crippen LogP) is 2.71. The second-order valence-electron chi connectivity index (χ2n) is 4.74. The molecule has 3 heterocycles. The zero-order valence-electron chi connectivity index (χ0n) is 10.8. The molecule has 0 aliphatic carbocycles. The van der Waals surface area contributed by atoms with Crippen LogP contribution in [-0.4, -0.2) is 33.7 Å². The Morgan fingerprint density at radius 3 is 2.57 bits per heavy atom. The molecular weight excluding hydrogens is 303 g/mol. The summed E-state index contributed by atoms with van der Waals surface area (Å²) in [6, 6.07) is -1.50. The van der Waals surface area contributed by atoms with Crippen LogP contribution >= 0.6 is 11.3 Å². The maximum absolute atomic E-state index is 12.9. The van der Waals surface area contributed by atoms with Gasteiger partial charge in [-0.3, -0.25) is 0 Å². The van der Waals surface area contributed by atoms with E-state index in [1.54, 1.807) is 5.38 Å². The Bertz CT molecular complexity index is 625. The van der Waals surface area contributed by atoms with Gasteiger partial charge in [0.25, 0.3) is 0 Å². The number of rotatable bonds is 2. The molecule has 3 rings (SSSR count). The normalized spacial score (nSPS) is 19.2. The molecule has 21 heavy (non-hydrogen) atoms. The van der Waals surface area contributed by atoms with Gasteiger partial charge in [-0.25, -0.2) is 15.0 Å². The number of hydrogen-bond acceptors (Lipinski definition) is 6. The first-order chi connectivity index (χ1) is 9.95. The fraction of sp³-hybridized carbons (Fsp3) is 0.417. The molecule has 1 saturated heterocycles. The van der Waals surface area contributed by atoms with Crippen molar-refractivity contribution < 1.29 is 13.2 Å². The Hall–Kier alpha value is -1.90. The van der Waals surface area contributed by atoms with Gasteiger partial charge in [-0.05, 0) is 12.8 Å². The van der Waals surface area contributed by atoms with Crippen LogP contribution in [0.25, 0.3) is 10.6 Å². The number of hydrogen-bond donors (Lipinski definition) is 1. The van der Waals surface area contributed by atoms with Gasteiger partial charge in [0.15, 0.2) is 0 Å². The summed E-state index contributed by atoms with van der Waals surface area (Å²) in [5.41, 5.74) is 6.18. The van der Waals surface area contributed by atoms with Gasteiger partial charge in [0.1, 0.15) is 16.9 Å². The van der Waals surface area contributed by atoms with Crippen LogP contribution in [0, 0.1) is 0 Å². The van der Waals surface area contributed by atoms with Crippen LogP contribution in [0.3, 0.4) is 0 Å². The van der Waals surface area contributed by atoms with Gasteiger partial charge in [-0.2, -0.15) is 13.2 Å². The minimum atomic E-state index is -4.26. The third kappa shape index (κ3) is 2.78. The maximum atomic E-state index is 12.9. The first-order valence-electron chi connectivity index (χ1n) is 6.32. The minimum Gasteiger partial charge on any atom is -0.383 e. The number of nitrogens with two attached hydrogens (primary N) is 1. The molecule has 1 atom stereocenters. The number of halogens is 3. The van der Waals surface area contributed by atoms with Crippen LogP contribution in [0.4, 0.5) is 24.9 Å². The van der Waals surface area contributed by atoms with E-state index in [2.05, 4.69) is 15.0 Å². The molecule has 0 saturated carbocycles. The van der Waals surface area contributed by atoms with E-state index in [9.17, 15) is 13.2 Å². The smallest absolute Gasteiger partial charge is 0.383 e. The van der Waals surface area contributed by atoms with Gasteiger partial charge in [0.2, 0.25) is 5.95 Å². The lowest BCUT2D eigenvalue weighted by Crippen LogP contribution is -2.42. The molecule has 0 radical (unpaired) electrons. The highest BCUT2D eigenvalue weighted by atomic mass is 32.1. The number of alkyl halides is 3. The molecule has 0 spiro atoms. The average Bonchev–Trinajstić information content (AvgIpc) is 3.07. The van der Waals surface area contributed by atoms with Gasteiger partial charge >= 0.3 is 6.18 Å². The summed E-state index contributed by atoms with van der Waals surface area (Å²) in [5, 5.41) is 2.33. The molecule has 9 heteroatoms. The first-order valence-corrected chi connectivity index (χ1v) is 7.20. The van der Waals surface area contributed by atoms with Crippen LogP contribution in [0.1, 0.15) is 12.8 Å². The Balaban J connectivity index is 1.84. The first kappa shape index (κ1) is 14.1. The van der Waals surface area contributed by atoms with E-state index in [4.69, 9.17) is 5.73 Å². The highest BCUT2D eigenvalue weighted by Gasteiger charge is 2.46. The Labute approximate surface area is 122 Å². The molecule has 2 aromatic heterocycles. The molecule has 1 aliphatic heterocycles. The molecule has 0 unspecified atom stereocenters. The quantitative estimate of drug-likeness (QED) is 0.923. The molecule has 2 N–H and O–H groups in total. The number of anilines is 2. The molecule has 112 valence electrons. The highest BCUT2D eigenvalue weighted by molar-refractivity contribution is 7.13. The van der Waals surface area contributed by atoms with Crippen LogP contribution in [0.15, 0.2) is 17.8 Å². The Morgan fingerprint density at radius 2 is 2.00 bits per heavy atom. The van der Waals surface area contributed by atoms with Gasteiger partial charge in [-0.1, -0.05) is 0 Å². The van der Waals surface area contributed by atoms with Crippen LogP contribution in [0.2, 0.25) is 0 Å². The Morgan fingerprint density at radius 1 is 1.29 bits per heavy atom. The van der Waals surface area contributed by atoms with Crippen molar-refractivity contribution in [3.8, 4) is 10.6 Å². The van der Waals surface area contributed by atoms with E-state index in [-0.39, 0.29) is 12.4 Å². The van der Waals surface area contributed by atoms with Crippen LogP contribution in [-0.2, 0) is 0 Å². The number of nitrogen functional groups attached to an aromatic ring is 1. The van der Waals surface area contributed by atoms with E-state index < -0.39 is 12.2 Å². The van der Waals surface area contributed by atoms with E-state index in [1.165, 1.54) is 28.6 Å². The van der Waals surface area contributed by atoms with Crippen molar-refractivity contribution in [2.24, 2.45) is 0 Å². The third-order valence-corrected chi connectivity index (χ3v) is 4.20. The van der Waals surface area contributed by atoms with Gasteiger partial charge in [0, 0.05) is 29.9 Å². The molecular formula is C12H12F3N5S. The molecule has 0 amide bonds. The monoisotopic (exact) mass is 315 g/mol. The number of aromatic nitrogens is 3. The van der Waals surface area contributed by atoms with E-state index in [0.717, 1.165) is 0 Å². The zero-order valence-corrected chi connectivity index (χ0v) is 11.7. The fourth-order valence-corrected chi connectivity index (χ4v) is 3.03. The van der Waals surface area contributed by atoms with E-state index in [0.29, 0.717) is 29.4 Å². The maximum Gasteiger partial charge on any atom is 0.408 e. The summed E-state index contributed by atoms with van der Waals surface area (Å²) < 4.78 is 38.8. The molecule has 0 aromatic carbocycles. The molecule has 5 nitrogen and oxygen atoms in total. The lowest BCUT2D eigenvalue weighted by molar-refractivity contribution is -0.146. The average molecular weight is 315 g/mol. The number of thiazole rings is 1. The van der Waals surface area contributed by atoms with E-state index in [1.807, 2.05) is 0 Å². The summed E-state index contributed by atoms with van der Waals surface area (Å²) in [6.45, 7) is 0.313. The molecule has 2 aromatic rings. The topological polar surface area (TPSA) is 67.9 Å². The van der Waals surface area contributed by atoms with Gasteiger partial charge < -0.3 is 10.6 Å². The van der Waals surface area contributed by atoms with Crippen LogP contribution < -0.4 is 10.6 Å². The fourth-order valence-electron chi connectivity index (χ4n) is 2.35. The predicted molar refractivity (Wildman–Crippen MR) is 74.0 cm³/mol. The standard InChI is InChI=1S/C12H12F3N5S/c13-12(14,15)8-2-1-3-20(8)11-17-4-7(5-18-11)10-19-9(16)6-21-10/h4-6,8H,1-3,16H2/t8-/m0/s1. The van der Waals surface area contributed by atoms with Crippen molar-refractivity contribution in [2.45, 2.75) is 25.1 Å². The SMILES string of the molecule is Nc1csc(-c2cnc(N3CCC[C@H]3C(F)(F)F)nc2)n1. The van der Waals surface area contributed by atoms with E-state index >= 15 is 0 Å². The second kappa shape index (κ2) is 5.14. The number of nitrogens with zero attached hydrogens (tertiary/aromatic N) is 4. The summed E-state index contributed by atoms with van der Waals surface area (Å²) in [6.07, 6.45) is -0.739. The van der Waals surface area contributed by atoms with Crippen LogP contribution in [0.5, 0.6) is 0 Å². The summed E-state index contributed by atoms with van der Waals surface area (Å²) in [7, 11) is 0. The highest BCUT2D eigenvalue weighted by Crippen LogP contribution is 2.34. The van der Waals surface area contributed by atoms with Crippen molar-refractivity contribution in [3.63, 3.8) is 0 Å². The van der Waals surface area contributed by atoms with Gasteiger partial charge in [0.05, 0.1) is 0 Å². The Kier molecular flexibility index (Phi) is 3.44. The largest absolute Gasteiger partial charge is 0.408 e. The van der Waals surface area contributed by atoms with Crippen molar-refractivity contribution in [1.82, 2.24) is 15.0 Å². The molecule has 1 aliphatic rings. The summed E-state index contributed by atoms with van der Waals surface area (Å²) >= 11 is 1.34.